The van der Waals surface area contributed by atoms with E-state index in [-0.39, 0.29) is 6.67 Å². The molecule has 0 N–H and O–H groups in total. The third kappa shape index (κ3) is 3.58. The van der Waals surface area contributed by atoms with Gasteiger partial charge in [0.2, 0.25) is 0 Å². The van der Waals surface area contributed by atoms with Crippen LogP contribution in [-0.2, 0) is 6.54 Å². The van der Waals surface area contributed by atoms with Crippen LogP contribution in [0.25, 0.3) is 21.9 Å². The largest absolute Gasteiger partial charge is 0.421 e. The van der Waals surface area contributed by atoms with Crippen LogP contribution in [-0.4, -0.2) is 27.2 Å². The number of benzene rings is 1. The van der Waals surface area contributed by atoms with Gasteiger partial charge in [0, 0.05) is 35.9 Å². The molecule has 0 amide bonds. The van der Waals surface area contributed by atoms with Gasteiger partial charge in [-0.05, 0) is 43.5 Å². The number of aromatic nitrogens is 3. The van der Waals surface area contributed by atoms with Crippen LogP contribution in [0.4, 0.5) is 4.39 Å². The summed E-state index contributed by atoms with van der Waals surface area (Å²) in [6.07, 6.45) is 7.32. The first-order chi connectivity index (χ1) is 13.8. The van der Waals surface area contributed by atoms with Crippen LogP contribution in [0.3, 0.4) is 0 Å². The van der Waals surface area contributed by atoms with Crippen molar-refractivity contribution in [3.63, 3.8) is 0 Å². The first kappa shape index (κ1) is 18.1. The summed E-state index contributed by atoms with van der Waals surface area (Å²) in [7, 11) is 0. The molecule has 3 heterocycles. The minimum Gasteiger partial charge on any atom is -0.421 e. The third-order valence-corrected chi connectivity index (χ3v) is 4.68. The first-order valence-corrected chi connectivity index (χ1v) is 9.33. The summed E-state index contributed by atoms with van der Waals surface area (Å²) >= 11 is 0. The van der Waals surface area contributed by atoms with E-state index < -0.39 is 5.97 Å². The molecule has 0 bridgehead atoms. The number of para-hydroxylation sites is 1. The number of fused-ring (bicyclic) bond motifs is 2. The van der Waals surface area contributed by atoms with Crippen LogP contribution in [0.1, 0.15) is 29.6 Å². The molecule has 0 spiro atoms. The molecule has 142 valence electrons. The average Bonchev–Trinajstić information content (AvgIpc) is 3.10. The van der Waals surface area contributed by atoms with Crippen molar-refractivity contribution in [2.75, 3.05) is 6.67 Å². The second kappa shape index (κ2) is 8.17. The predicted octanol–water partition coefficient (Wildman–Crippen LogP) is 4.94. The summed E-state index contributed by atoms with van der Waals surface area (Å²) < 4.78 is 19.9. The quantitative estimate of drug-likeness (QED) is 0.260. The smallest absolute Gasteiger partial charge is 0.345 e. The van der Waals surface area contributed by atoms with Gasteiger partial charge in [-0.2, -0.15) is 0 Å². The summed E-state index contributed by atoms with van der Waals surface area (Å²) in [5, 5.41) is 1.65. The summed E-state index contributed by atoms with van der Waals surface area (Å²) in [6.45, 7) is 0.373. The number of carbonyl (C=O) groups excluding carboxylic acids is 1. The van der Waals surface area contributed by atoms with E-state index >= 15 is 0 Å². The Morgan fingerprint density at radius 3 is 2.71 bits per heavy atom. The number of ether oxygens (including phenoxy) is 1. The molecule has 1 aromatic carbocycles. The van der Waals surface area contributed by atoms with Gasteiger partial charge in [-0.1, -0.05) is 18.2 Å². The molecule has 0 saturated heterocycles. The fourth-order valence-corrected chi connectivity index (χ4v) is 3.32. The topological polar surface area (TPSA) is 57.0 Å². The van der Waals surface area contributed by atoms with E-state index in [2.05, 4.69) is 9.97 Å². The lowest BCUT2D eigenvalue weighted by Crippen LogP contribution is -2.08. The van der Waals surface area contributed by atoms with Crippen molar-refractivity contribution in [1.82, 2.24) is 14.5 Å². The molecule has 0 aliphatic carbocycles. The molecule has 0 aliphatic rings. The maximum atomic E-state index is 12.9. The van der Waals surface area contributed by atoms with Crippen molar-refractivity contribution in [1.29, 1.82) is 0 Å². The Morgan fingerprint density at radius 2 is 1.82 bits per heavy atom. The average molecular weight is 377 g/mol. The van der Waals surface area contributed by atoms with Gasteiger partial charge in [0.05, 0.1) is 12.2 Å². The number of rotatable bonds is 7. The monoisotopic (exact) mass is 377 g/mol. The highest BCUT2D eigenvalue weighted by Crippen LogP contribution is 2.26. The molecule has 4 aromatic rings. The number of hydrogen-bond acceptors (Lipinski definition) is 4. The number of nitrogens with zero attached hydrogens (tertiary/aromatic N) is 3. The van der Waals surface area contributed by atoms with Gasteiger partial charge in [-0.25, -0.2) is 9.78 Å². The number of halogens is 1. The highest BCUT2D eigenvalue weighted by molar-refractivity contribution is 6.05. The Labute approximate surface area is 161 Å². The van der Waals surface area contributed by atoms with E-state index in [0.29, 0.717) is 29.8 Å². The number of pyridine rings is 2. The standard InChI is InChI=1S/C22H20FN3O2/c23-11-2-1-3-14-26-15-18(17-9-6-13-25-21(17)26)22(27)28-19-10-4-7-16-8-5-12-24-20(16)19/h4-10,12-13,15H,1-3,11,14H2. The molecule has 3 aromatic heterocycles. The normalized spacial score (nSPS) is 11.2. The Hall–Kier alpha value is -3.28. The number of hydrogen-bond donors (Lipinski definition) is 0. The Balaban J connectivity index is 1.63. The van der Waals surface area contributed by atoms with Crippen LogP contribution in [0.2, 0.25) is 0 Å². The molecule has 4 rings (SSSR count). The maximum absolute atomic E-state index is 12.9. The lowest BCUT2D eigenvalue weighted by atomic mass is 10.2. The molecule has 28 heavy (non-hydrogen) atoms. The van der Waals surface area contributed by atoms with E-state index in [4.69, 9.17) is 4.74 Å². The van der Waals surface area contributed by atoms with E-state index in [9.17, 15) is 9.18 Å². The summed E-state index contributed by atoms with van der Waals surface area (Å²) in [5.74, 6) is -0.0190. The summed E-state index contributed by atoms with van der Waals surface area (Å²) in [4.78, 5) is 21.7. The molecule has 5 nitrogen and oxygen atoms in total. The van der Waals surface area contributed by atoms with Crippen LogP contribution < -0.4 is 4.74 Å². The van der Waals surface area contributed by atoms with E-state index in [1.54, 1.807) is 30.7 Å². The molecule has 0 aliphatic heterocycles. The first-order valence-electron chi connectivity index (χ1n) is 9.33. The second-order valence-corrected chi connectivity index (χ2v) is 6.58. The zero-order valence-corrected chi connectivity index (χ0v) is 15.3. The van der Waals surface area contributed by atoms with Crippen LogP contribution >= 0.6 is 0 Å². The fourth-order valence-electron chi connectivity index (χ4n) is 3.32. The van der Waals surface area contributed by atoms with Gasteiger partial charge in [0.25, 0.3) is 0 Å². The van der Waals surface area contributed by atoms with Gasteiger partial charge in [-0.3, -0.25) is 9.37 Å². The van der Waals surface area contributed by atoms with E-state index in [1.807, 2.05) is 34.9 Å². The van der Waals surface area contributed by atoms with E-state index in [0.717, 1.165) is 29.3 Å². The van der Waals surface area contributed by atoms with Gasteiger partial charge < -0.3 is 9.30 Å². The summed E-state index contributed by atoms with van der Waals surface area (Å²) in [5.41, 5.74) is 1.83. The fraction of sp³-hybridized carbons (Fsp3) is 0.227. The van der Waals surface area contributed by atoms with Gasteiger partial charge >= 0.3 is 5.97 Å². The van der Waals surface area contributed by atoms with Gasteiger partial charge in [-0.15, -0.1) is 0 Å². The Bertz CT molecular complexity index is 1120. The minimum atomic E-state index is -0.446. The van der Waals surface area contributed by atoms with Crippen molar-refractivity contribution in [3.05, 3.63) is 66.6 Å². The Kier molecular flexibility index (Phi) is 5.28. The SMILES string of the molecule is O=C(Oc1cccc2cccnc12)c1cn(CCCCCF)c2ncccc12. The summed E-state index contributed by atoms with van der Waals surface area (Å²) in [6, 6.07) is 12.9. The van der Waals surface area contributed by atoms with Crippen molar-refractivity contribution < 1.29 is 13.9 Å². The molecular weight excluding hydrogens is 357 g/mol. The molecule has 0 radical (unpaired) electrons. The molecule has 0 unspecified atom stereocenters. The highest BCUT2D eigenvalue weighted by Gasteiger charge is 2.18. The molecular formula is C22H20FN3O2. The number of esters is 1. The minimum absolute atomic E-state index is 0.304. The van der Waals surface area contributed by atoms with Crippen LogP contribution in [0.15, 0.2) is 61.1 Å². The number of aryl methyl sites for hydroxylation is 1. The predicted molar refractivity (Wildman–Crippen MR) is 106 cm³/mol. The highest BCUT2D eigenvalue weighted by atomic mass is 19.1. The van der Waals surface area contributed by atoms with Crippen molar-refractivity contribution >= 4 is 27.9 Å². The number of carbonyl (C=O) groups is 1. The molecule has 0 fully saturated rings. The van der Waals surface area contributed by atoms with Crippen molar-refractivity contribution in [3.8, 4) is 5.75 Å². The van der Waals surface area contributed by atoms with E-state index in [1.165, 1.54) is 0 Å². The molecule has 6 heteroatoms. The lowest BCUT2D eigenvalue weighted by Gasteiger charge is -2.06. The number of unbranched alkanes of at least 4 members (excludes halogenated alkanes) is 2. The molecule has 0 saturated carbocycles. The van der Waals surface area contributed by atoms with Crippen molar-refractivity contribution in [2.24, 2.45) is 0 Å². The Morgan fingerprint density at radius 1 is 1.00 bits per heavy atom. The zero-order valence-electron chi connectivity index (χ0n) is 15.3. The van der Waals surface area contributed by atoms with Gasteiger partial charge in [0.15, 0.2) is 5.75 Å². The van der Waals surface area contributed by atoms with Crippen molar-refractivity contribution in [2.45, 2.75) is 25.8 Å². The van der Waals surface area contributed by atoms with Gasteiger partial charge in [0.1, 0.15) is 11.2 Å². The van der Waals surface area contributed by atoms with Crippen LogP contribution in [0.5, 0.6) is 5.75 Å². The lowest BCUT2D eigenvalue weighted by molar-refractivity contribution is 0.0738. The number of alkyl halides is 1. The second-order valence-electron chi connectivity index (χ2n) is 6.58. The third-order valence-electron chi connectivity index (χ3n) is 4.68. The maximum Gasteiger partial charge on any atom is 0.345 e. The van der Waals surface area contributed by atoms with Crippen LogP contribution in [0, 0.1) is 0 Å². The molecule has 0 atom stereocenters. The zero-order chi connectivity index (χ0) is 19.3.